The van der Waals surface area contributed by atoms with E-state index in [4.69, 9.17) is 14.2 Å². The minimum Gasteiger partial charge on any atom is -0.466 e. The summed E-state index contributed by atoms with van der Waals surface area (Å²) < 4.78 is 18.3. The quantitative estimate of drug-likeness (QED) is 0.196. The number of fused-ring (bicyclic) bond motifs is 1. The maximum Gasteiger partial charge on any atom is 0.336 e. The lowest BCUT2D eigenvalue weighted by Crippen LogP contribution is -2.44. The molecule has 2 aliphatic rings. The van der Waals surface area contributed by atoms with Gasteiger partial charge in [0.2, 0.25) is 0 Å². The van der Waals surface area contributed by atoms with Gasteiger partial charge in [0.05, 0.1) is 67.1 Å². The number of imidazole rings is 1. The number of hydrogen-bond donors (Lipinski definition) is 2. The number of methoxy groups -OCH3 is 1. The number of ether oxygens (including phenoxy) is 3. The number of benzene rings is 2. The molecule has 0 aliphatic carbocycles. The Balaban J connectivity index is 1.39. The van der Waals surface area contributed by atoms with Gasteiger partial charge in [-0.05, 0) is 43.7 Å². The summed E-state index contributed by atoms with van der Waals surface area (Å²) in [4.78, 5) is 55.8. The van der Waals surface area contributed by atoms with Gasteiger partial charge in [0.15, 0.2) is 0 Å². The van der Waals surface area contributed by atoms with E-state index in [1.807, 2.05) is 28.8 Å². The maximum atomic E-state index is 13.5. The minimum absolute atomic E-state index is 0.0402. The van der Waals surface area contributed by atoms with Crippen molar-refractivity contribution in [1.29, 1.82) is 0 Å². The first-order valence-electron chi connectivity index (χ1n) is 13.7. The Hall–Kier alpha value is -5.07. The highest BCUT2D eigenvalue weighted by atomic mass is 16.5. The number of nitrogens with zero attached hydrogens (tertiary/aromatic N) is 3. The number of imide groups is 1. The second-order valence-corrected chi connectivity index (χ2v) is 9.72. The van der Waals surface area contributed by atoms with E-state index < -0.39 is 29.7 Å². The standard InChI is InChI=1S/C31H31N5O7/c1-4-43-31(40)27-24(17-42-15-13-33-36-28(37)22-10-5-6-11-23(22)29(36)38)34-19(2)25(30(39)41-3)26(27)20-8-7-9-21(16-20)35-14-12-32-18-35/h5-12,14,16,18,26,33-34H,4,13,15,17H2,1-3H3. The predicted molar refractivity (Wildman–Crippen MR) is 154 cm³/mol. The number of amides is 2. The van der Waals surface area contributed by atoms with Crippen LogP contribution >= 0.6 is 0 Å². The van der Waals surface area contributed by atoms with Crippen molar-refractivity contribution in [2.45, 2.75) is 19.8 Å². The third kappa shape index (κ3) is 5.83. The number of allylic oxidation sites excluding steroid dienone is 1. The Morgan fingerprint density at radius 2 is 1.77 bits per heavy atom. The van der Waals surface area contributed by atoms with Crippen LogP contribution < -0.4 is 10.7 Å². The summed E-state index contributed by atoms with van der Waals surface area (Å²) in [5, 5.41) is 4.12. The van der Waals surface area contributed by atoms with Crippen LogP contribution in [0.25, 0.3) is 5.69 Å². The van der Waals surface area contributed by atoms with Crippen LogP contribution in [0.5, 0.6) is 0 Å². The molecule has 222 valence electrons. The van der Waals surface area contributed by atoms with Crippen molar-refractivity contribution < 1.29 is 33.4 Å². The Kier molecular flexibility index (Phi) is 8.79. The van der Waals surface area contributed by atoms with Gasteiger partial charge in [-0.2, -0.15) is 0 Å². The van der Waals surface area contributed by atoms with E-state index in [-0.39, 0.29) is 37.5 Å². The second kappa shape index (κ2) is 12.8. The van der Waals surface area contributed by atoms with Gasteiger partial charge in [0, 0.05) is 30.3 Å². The summed E-state index contributed by atoms with van der Waals surface area (Å²) in [5.41, 5.74) is 6.34. The van der Waals surface area contributed by atoms with Gasteiger partial charge >= 0.3 is 11.9 Å². The van der Waals surface area contributed by atoms with Crippen LogP contribution in [0.2, 0.25) is 0 Å². The largest absolute Gasteiger partial charge is 0.466 e. The first-order chi connectivity index (χ1) is 20.8. The lowest BCUT2D eigenvalue weighted by Gasteiger charge is -2.31. The lowest BCUT2D eigenvalue weighted by molar-refractivity contribution is -0.139. The van der Waals surface area contributed by atoms with Crippen LogP contribution in [0.15, 0.2) is 89.8 Å². The van der Waals surface area contributed by atoms with Crippen molar-refractivity contribution in [2.75, 3.05) is 33.5 Å². The number of carbonyl (C=O) groups excluding carboxylic acids is 4. The molecule has 0 radical (unpaired) electrons. The monoisotopic (exact) mass is 585 g/mol. The molecule has 1 unspecified atom stereocenters. The van der Waals surface area contributed by atoms with Gasteiger partial charge in [-0.3, -0.25) is 9.59 Å². The third-order valence-corrected chi connectivity index (χ3v) is 7.11. The number of rotatable bonds is 11. The molecule has 3 heterocycles. The molecule has 0 saturated heterocycles. The zero-order chi connectivity index (χ0) is 30.5. The summed E-state index contributed by atoms with van der Waals surface area (Å²) in [7, 11) is 1.29. The number of hydrogen-bond acceptors (Lipinski definition) is 10. The van der Waals surface area contributed by atoms with Crippen molar-refractivity contribution in [3.8, 4) is 5.69 Å². The minimum atomic E-state index is -0.814. The van der Waals surface area contributed by atoms with E-state index >= 15 is 0 Å². The summed E-state index contributed by atoms with van der Waals surface area (Å²) >= 11 is 0. The van der Waals surface area contributed by atoms with E-state index in [1.54, 1.807) is 56.8 Å². The maximum absolute atomic E-state index is 13.5. The summed E-state index contributed by atoms with van der Waals surface area (Å²) in [5.74, 6) is -2.87. The molecular formula is C31H31N5O7. The molecule has 1 aromatic heterocycles. The molecule has 0 spiro atoms. The van der Waals surface area contributed by atoms with Crippen LogP contribution in [-0.2, 0) is 23.8 Å². The smallest absolute Gasteiger partial charge is 0.336 e. The van der Waals surface area contributed by atoms with Crippen molar-refractivity contribution in [1.82, 2.24) is 25.3 Å². The molecule has 0 saturated carbocycles. The number of dihydropyridines is 1. The summed E-state index contributed by atoms with van der Waals surface area (Å²) in [6.07, 6.45) is 5.10. The fourth-order valence-electron chi connectivity index (χ4n) is 5.19. The topological polar surface area (TPSA) is 141 Å². The van der Waals surface area contributed by atoms with Crippen molar-refractivity contribution in [3.05, 3.63) is 106 Å². The van der Waals surface area contributed by atoms with Crippen LogP contribution in [0.3, 0.4) is 0 Å². The Morgan fingerprint density at radius 3 is 2.42 bits per heavy atom. The highest BCUT2D eigenvalue weighted by Gasteiger charge is 2.39. The molecular weight excluding hydrogens is 554 g/mol. The van der Waals surface area contributed by atoms with E-state index in [2.05, 4.69) is 15.7 Å². The number of esters is 2. The van der Waals surface area contributed by atoms with E-state index in [0.717, 1.165) is 10.7 Å². The van der Waals surface area contributed by atoms with Crippen molar-refractivity contribution in [2.24, 2.45) is 0 Å². The molecule has 2 N–H and O–H groups in total. The fourth-order valence-corrected chi connectivity index (χ4v) is 5.19. The normalized spacial score (nSPS) is 16.3. The molecule has 1 atom stereocenters. The first kappa shape index (κ1) is 29.4. The molecule has 12 nitrogen and oxygen atoms in total. The predicted octanol–water partition coefficient (Wildman–Crippen LogP) is 2.64. The molecule has 43 heavy (non-hydrogen) atoms. The molecule has 2 aromatic carbocycles. The average Bonchev–Trinajstić information content (AvgIpc) is 3.64. The Labute approximate surface area is 247 Å². The number of hydrazine groups is 1. The van der Waals surface area contributed by atoms with Gasteiger partial charge in [0.1, 0.15) is 0 Å². The molecule has 2 amide bonds. The van der Waals surface area contributed by atoms with Gasteiger partial charge in [-0.1, -0.05) is 24.3 Å². The second-order valence-electron chi connectivity index (χ2n) is 9.72. The fraction of sp³-hybridized carbons (Fsp3) is 0.258. The molecule has 0 fully saturated rings. The third-order valence-electron chi connectivity index (χ3n) is 7.11. The number of carbonyl (C=O) groups is 4. The van der Waals surface area contributed by atoms with Gasteiger partial charge in [-0.25, -0.2) is 25.0 Å². The highest BCUT2D eigenvalue weighted by molar-refractivity contribution is 6.20. The lowest BCUT2D eigenvalue weighted by atomic mass is 9.80. The van der Waals surface area contributed by atoms with Crippen LogP contribution in [0.1, 0.15) is 46.0 Å². The average molecular weight is 586 g/mol. The van der Waals surface area contributed by atoms with Crippen molar-refractivity contribution in [3.63, 3.8) is 0 Å². The summed E-state index contributed by atoms with van der Waals surface area (Å²) in [6, 6.07) is 14.0. The molecule has 5 rings (SSSR count). The number of nitrogens with one attached hydrogen (secondary N) is 2. The molecule has 3 aromatic rings. The van der Waals surface area contributed by atoms with Crippen molar-refractivity contribution >= 4 is 23.8 Å². The first-order valence-corrected chi connectivity index (χ1v) is 13.7. The highest BCUT2D eigenvalue weighted by Crippen LogP contribution is 2.40. The zero-order valence-electron chi connectivity index (χ0n) is 24.0. The van der Waals surface area contributed by atoms with E-state index in [9.17, 15) is 19.2 Å². The molecule has 12 heteroatoms. The van der Waals surface area contributed by atoms with E-state index in [0.29, 0.717) is 28.1 Å². The van der Waals surface area contributed by atoms with Crippen LogP contribution in [-0.4, -0.2) is 71.8 Å². The van der Waals surface area contributed by atoms with Gasteiger partial charge < -0.3 is 24.1 Å². The Bertz CT molecular complexity index is 1590. The Morgan fingerprint density at radius 1 is 1.02 bits per heavy atom. The number of aromatic nitrogens is 2. The molecule has 2 aliphatic heterocycles. The van der Waals surface area contributed by atoms with E-state index in [1.165, 1.54) is 7.11 Å². The molecule has 0 bridgehead atoms. The van der Waals surface area contributed by atoms with Gasteiger partial charge in [0.25, 0.3) is 11.8 Å². The summed E-state index contributed by atoms with van der Waals surface area (Å²) in [6.45, 7) is 3.76. The zero-order valence-corrected chi connectivity index (χ0v) is 24.0. The van der Waals surface area contributed by atoms with Crippen LogP contribution in [0.4, 0.5) is 0 Å². The SMILES string of the molecule is CCOC(=O)C1=C(COCCNN2C(=O)c3ccccc3C2=O)NC(C)=C(C(=O)OC)C1c1cccc(-n2ccnc2)c1. The van der Waals surface area contributed by atoms with Gasteiger partial charge in [-0.15, -0.1) is 0 Å². The van der Waals surface area contributed by atoms with Crippen LogP contribution in [0, 0.1) is 0 Å².